The number of rotatable bonds is 5. The molecule has 0 radical (unpaired) electrons. The van der Waals surface area contributed by atoms with Crippen LogP contribution in [0.4, 0.5) is 0 Å². The summed E-state index contributed by atoms with van der Waals surface area (Å²) in [5.41, 5.74) is 32.8. The zero-order valence-electron chi connectivity index (χ0n) is 74.1. The largest absolute Gasteiger partial charge is 0.456 e. The first kappa shape index (κ1) is 84.6. The molecule has 126 heavy (non-hydrogen) atoms. The number of para-hydroxylation sites is 3. The maximum absolute atomic E-state index is 12.4. The third-order valence-electron chi connectivity index (χ3n) is 24.1. The lowest BCUT2D eigenvalue weighted by atomic mass is 9.92. The highest BCUT2D eigenvalue weighted by Gasteiger charge is 2.33. The van der Waals surface area contributed by atoms with Crippen molar-refractivity contribution in [3.8, 4) is 50.1 Å². The molecule has 620 valence electrons. The second-order valence-corrected chi connectivity index (χ2v) is 38.9. The molecule has 0 N–H and O–H groups in total. The van der Waals surface area contributed by atoms with Crippen LogP contribution >= 0.6 is 18.9 Å². The molecule has 0 bridgehead atoms. The molecule has 5 nitrogen and oxygen atoms in total. The minimum atomic E-state index is -3.31. The maximum atomic E-state index is 12.4. The van der Waals surface area contributed by atoms with Crippen molar-refractivity contribution in [2.45, 2.75) is 107 Å². The number of furan rings is 1. The van der Waals surface area contributed by atoms with Crippen LogP contribution < -0.4 is 0 Å². The average molecular weight is 1690 g/mol. The molecule has 5 aromatic heterocycles. The van der Waals surface area contributed by atoms with E-state index < -0.39 is 17.4 Å². The second kappa shape index (κ2) is 36.3. The number of benzene rings is 17. The first-order chi connectivity index (χ1) is 61.0. The summed E-state index contributed by atoms with van der Waals surface area (Å²) >= 11 is 1.89. The summed E-state index contributed by atoms with van der Waals surface area (Å²) in [5.74, 6) is 0. The van der Waals surface area contributed by atoms with Crippen molar-refractivity contribution in [3.63, 3.8) is 0 Å². The molecule has 22 aromatic rings. The second-order valence-electron chi connectivity index (χ2n) is 33.7. The molecule has 0 saturated carbocycles. The molecule has 1 aliphatic rings. The van der Waals surface area contributed by atoms with Crippen molar-refractivity contribution in [2.75, 3.05) is 0 Å². The summed E-state index contributed by atoms with van der Waals surface area (Å²) in [6.07, 6.45) is 0. The zero-order valence-corrected chi connectivity index (χ0v) is 76.6. The molecule has 8 heteroatoms. The quantitative estimate of drug-likeness (QED) is 0.173. The Morgan fingerprint density at radius 3 is 1.04 bits per heavy atom. The molecule has 0 unspecified atom stereocenters. The fraction of sp³-hybridized carbons (Fsp3) is 0.119. The summed E-state index contributed by atoms with van der Waals surface area (Å²) in [4.78, 5) is 0.885. The van der Waals surface area contributed by atoms with Crippen LogP contribution in [-0.2, 0) is 9.84 Å². The van der Waals surface area contributed by atoms with Gasteiger partial charge < -0.3 is 13.6 Å². The lowest BCUT2D eigenvalue weighted by Gasteiger charge is -2.13. The fourth-order valence-corrected chi connectivity index (χ4v) is 23.5. The third-order valence-corrected chi connectivity index (χ3v) is 29.5. The molecule has 0 atom stereocenters. The number of aromatic nitrogens is 2. The van der Waals surface area contributed by atoms with Crippen LogP contribution in [0.5, 0.6) is 0 Å². The number of thiophene rings is 1. The van der Waals surface area contributed by atoms with Crippen LogP contribution in [0.15, 0.2) is 384 Å². The van der Waals surface area contributed by atoms with Gasteiger partial charge in [-0.2, -0.15) is 0 Å². The van der Waals surface area contributed by atoms with Gasteiger partial charge >= 0.3 is 0 Å². The summed E-state index contributed by atoms with van der Waals surface area (Å²) in [6, 6.07) is 131. The van der Waals surface area contributed by atoms with Crippen molar-refractivity contribution < 1.29 is 12.8 Å². The Balaban J connectivity index is 0.000000104. The van der Waals surface area contributed by atoms with Gasteiger partial charge in [-0.15, -0.1) is 11.3 Å². The van der Waals surface area contributed by atoms with Gasteiger partial charge in [-0.25, -0.2) is 8.42 Å². The number of nitrogens with zero attached hydrogens (tertiary/aromatic N) is 2. The summed E-state index contributed by atoms with van der Waals surface area (Å²) < 4.78 is 38.0. The van der Waals surface area contributed by atoms with E-state index in [1.165, 1.54) is 190 Å². The smallest absolute Gasteiger partial charge is 0.207 e. The van der Waals surface area contributed by atoms with Crippen LogP contribution in [-0.4, -0.2) is 17.6 Å². The zero-order chi connectivity index (χ0) is 87.6. The minimum absolute atomic E-state index is 0.404. The standard InChI is InChI=1S/C20H17N.C20H17P.C20H18.C16H15N.C14H12O2S.C14H12O.C14H12S/c1-14-8-10-19-17(12-14)18-13-15(2)9-11-20(18)21(19)16-6-4-3-5-7-16;1-14-8-10-17-18-11-9-15(2)13-20(18)21(19(17)12-14)16-6-4-3-5-7-16;1-15-13-20(18-11-7-4-8-12-18)16(2)14-19(15)17-9-5-3-6-10-17;1-12-13(2)17(14-8-4-3-5-9-14)16-11-7-6-10-15(12)16;1-9-3-5-11-12-6-4-10(2)8-14(12)17(15,16)13(11)7-9;2*1-9-3-5-11-12-6-4-10(2)8-14(12)15-13(11)7-9/h2*3-13H,1-2H3;3-14H,1-2H3;3-11H,1-2H3;3-8H,1-2H3;2*3-8H,1-2H3. The van der Waals surface area contributed by atoms with Crippen molar-refractivity contribution in [1.29, 1.82) is 0 Å². The van der Waals surface area contributed by atoms with E-state index in [4.69, 9.17) is 4.42 Å². The Bertz CT molecular complexity index is 7450. The molecule has 0 amide bonds. The van der Waals surface area contributed by atoms with E-state index in [0.717, 1.165) is 33.4 Å². The SMILES string of the molecule is Cc1c(C)n(-c2ccccc2)c2ccccc12.Cc1cc(-c2ccccc2)c(C)cc1-c1ccccc1.Cc1ccc2c(c1)S(=O)(=O)c1cc(C)ccc1-2.Cc1ccc2c(c1)c1cc(C)ccc1n2-c1ccccc1.Cc1ccc2c(c1)oc1cc(C)ccc12.Cc1ccc2c(c1)sc1cc(C)ccc12.Cc1ccc2c3ccc(C)cc3p(-c3ccccc3)c2c1. The normalized spacial score (nSPS) is 11.7. The fourth-order valence-electron chi connectivity index (χ4n) is 17.6. The number of fused-ring (bicyclic) bond motifs is 16. The van der Waals surface area contributed by atoms with Crippen molar-refractivity contribution in [3.05, 3.63) is 448 Å². The van der Waals surface area contributed by atoms with E-state index in [1.54, 1.807) is 12.1 Å². The van der Waals surface area contributed by atoms with Crippen LogP contribution in [0, 0.1) is 96.9 Å². The highest BCUT2D eigenvalue weighted by atomic mass is 32.2. The summed E-state index contributed by atoms with van der Waals surface area (Å²) in [5, 5.41) is 16.5. The van der Waals surface area contributed by atoms with Gasteiger partial charge in [-0.3, -0.25) is 0 Å². The molecule has 0 fully saturated rings. The first-order valence-electron chi connectivity index (χ1n) is 43.2. The van der Waals surface area contributed by atoms with Gasteiger partial charge in [0.25, 0.3) is 0 Å². The van der Waals surface area contributed by atoms with E-state index >= 15 is 0 Å². The summed E-state index contributed by atoms with van der Waals surface area (Å²) in [7, 11) is -3.71. The number of aryl methyl sites for hydroxylation is 13. The van der Waals surface area contributed by atoms with Gasteiger partial charge in [0.2, 0.25) is 9.84 Å². The topological polar surface area (TPSA) is 57.1 Å². The highest BCUT2D eigenvalue weighted by Crippen LogP contribution is 2.55. The van der Waals surface area contributed by atoms with Crippen LogP contribution in [0.2, 0.25) is 0 Å². The average Bonchev–Trinajstić information content (AvgIpc) is 1.59. The van der Waals surface area contributed by atoms with Crippen LogP contribution in [0.25, 0.3) is 146 Å². The van der Waals surface area contributed by atoms with Gasteiger partial charge in [-0.1, -0.05) is 297 Å². The molecule has 0 aliphatic carbocycles. The monoisotopic (exact) mass is 1690 g/mol. The molecular formula is C118H103N2O3PS2. The van der Waals surface area contributed by atoms with Gasteiger partial charge in [0, 0.05) is 85.5 Å². The van der Waals surface area contributed by atoms with Gasteiger partial charge in [-0.05, 0) is 288 Å². The Hall–Kier alpha value is -13.7. The molecule has 1 aliphatic heterocycles. The molecule has 0 spiro atoms. The molecule has 17 aromatic carbocycles. The highest BCUT2D eigenvalue weighted by molar-refractivity contribution is 7.92. The van der Waals surface area contributed by atoms with Gasteiger partial charge in [0.1, 0.15) is 11.2 Å². The first-order valence-corrected chi connectivity index (χ1v) is 46.9. The van der Waals surface area contributed by atoms with Crippen molar-refractivity contribution in [2.24, 2.45) is 0 Å². The number of hydrogen-bond acceptors (Lipinski definition) is 4. The van der Waals surface area contributed by atoms with E-state index in [0.29, 0.717) is 9.79 Å². The molecule has 6 heterocycles. The minimum Gasteiger partial charge on any atom is -0.456 e. The van der Waals surface area contributed by atoms with E-state index in [9.17, 15) is 8.42 Å². The van der Waals surface area contributed by atoms with Crippen LogP contribution in [0.1, 0.15) is 78.0 Å². The Labute approximate surface area is 745 Å². The Kier molecular flexibility index (Phi) is 24.3. The number of hydrogen-bond donors (Lipinski definition) is 0. The summed E-state index contributed by atoms with van der Waals surface area (Å²) in [6.45, 7) is 29.7. The van der Waals surface area contributed by atoms with E-state index in [-0.39, 0.29) is 0 Å². The predicted molar refractivity (Wildman–Crippen MR) is 544 cm³/mol. The van der Waals surface area contributed by atoms with Crippen LogP contribution in [0.3, 0.4) is 0 Å². The van der Waals surface area contributed by atoms with Gasteiger partial charge in [0.15, 0.2) is 0 Å². The van der Waals surface area contributed by atoms with E-state index in [1.807, 2.05) is 49.4 Å². The predicted octanol–water partition coefficient (Wildman–Crippen LogP) is 33.9. The molecular weight excluding hydrogens is 1590 g/mol. The molecule has 23 rings (SSSR count). The van der Waals surface area contributed by atoms with Crippen molar-refractivity contribution >= 4 is 125 Å². The Morgan fingerprint density at radius 1 is 0.262 bits per heavy atom. The van der Waals surface area contributed by atoms with Crippen molar-refractivity contribution in [1.82, 2.24) is 9.13 Å². The lowest BCUT2D eigenvalue weighted by molar-refractivity contribution is 0.598. The Morgan fingerprint density at radius 2 is 0.595 bits per heavy atom. The maximum Gasteiger partial charge on any atom is 0.207 e. The molecule has 0 saturated heterocycles. The third kappa shape index (κ3) is 17.4. The lowest BCUT2D eigenvalue weighted by Crippen LogP contribution is -1.97. The van der Waals surface area contributed by atoms with Gasteiger partial charge in [0.05, 0.1) is 26.3 Å². The number of sulfone groups is 1. The van der Waals surface area contributed by atoms with E-state index in [2.05, 4.69) is 426 Å².